The van der Waals surface area contributed by atoms with Crippen LogP contribution in [0.25, 0.3) is 6.08 Å². The van der Waals surface area contributed by atoms with Crippen molar-refractivity contribution in [2.75, 3.05) is 5.73 Å². The predicted octanol–water partition coefficient (Wildman–Crippen LogP) is 3.19. The number of para-hydroxylation sites is 1. The Hall–Kier alpha value is -2.55. The zero-order valence-electron chi connectivity index (χ0n) is 10.2. The molecule has 0 spiro atoms. The van der Waals surface area contributed by atoms with Crippen LogP contribution in [0.4, 0.5) is 5.69 Å². The molecule has 0 radical (unpaired) electrons. The molecule has 0 saturated heterocycles. The third-order valence-electron chi connectivity index (χ3n) is 3.17. The van der Waals surface area contributed by atoms with Gasteiger partial charge in [0.05, 0.1) is 5.56 Å². The van der Waals surface area contributed by atoms with Crippen LogP contribution in [0.5, 0.6) is 0 Å². The third kappa shape index (κ3) is 2.10. The van der Waals surface area contributed by atoms with Gasteiger partial charge in [-0.3, -0.25) is 0 Å². The van der Waals surface area contributed by atoms with Crippen molar-refractivity contribution in [1.82, 2.24) is 0 Å². The van der Waals surface area contributed by atoms with Crippen LogP contribution in [-0.4, -0.2) is 5.97 Å². The summed E-state index contributed by atoms with van der Waals surface area (Å²) in [6, 6.07) is 14.8. The summed E-state index contributed by atoms with van der Waals surface area (Å²) < 4.78 is 5.50. The molecule has 3 nitrogen and oxygen atoms in total. The molecule has 0 aromatic heterocycles. The number of hydrogen-bond donors (Lipinski definition) is 1. The highest BCUT2D eigenvalue weighted by molar-refractivity contribution is 5.95. The standard InChI is InChI=1S/C16H13NO2/c17-14-8-4-3-7-13(14)16(18)19-15-10-9-11-5-1-2-6-12(11)15/h1-10,15H,17H2. The van der Waals surface area contributed by atoms with Crippen molar-refractivity contribution in [2.24, 2.45) is 0 Å². The van der Waals surface area contributed by atoms with Crippen molar-refractivity contribution < 1.29 is 9.53 Å². The van der Waals surface area contributed by atoms with Gasteiger partial charge in [0.25, 0.3) is 0 Å². The first-order chi connectivity index (χ1) is 9.25. The van der Waals surface area contributed by atoms with E-state index in [9.17, 15) is 4.79 Å². The molecule has 0 amide bonds. The second kappa shape index (κ2) is 4.61. The van der Waals surface area contributed by atoms with Gasteiger partial charge in [-0.25, -0.2) is 4.79 Å². The van der Waals surface area contributed by atoms with Crippen LogP contribution in [0.1, 0.15) is 27.6 Å². The maximum absolute atomic E-state index is 12.1. The number of esters is 1. The second-order valence-electron chi connectivity index (χ2n) is 4.40. The van der Waals surface area contributed by atoms with E-state index in [-0.39, 0.29) is 6.10 Å². The van der Waals surface area contributed by atoms with Gasteiger partial charge >= 0.3 is 5.97 Å². The fraction of sp³-hybridized carbons (Fsp3) is 0.0625. The monoisotopic (exact) mass is 251 g/mol. The van der Waals surface area contributed by atoms with E-state index in [2.05, 4.69) is 0 Å². The minimum Gasteiger partial charge on any atom is -0.450 e. The summed E-state index contributed by atoms with van der Waals surface area (Å²) in [5.74, 6) is -0.399. The van der Waals surface area contributed by atoms with Crippen molar-refractivity contribution in [2.45, 2.75) is 6.10 Å². The lowest BCUT2D eigenvalue weighted by molar-refractivity contribution is 0.0398. The summed E-state index contributed by atoms with van der Waals surface area (Å²) in [7, 11) is 0. The number of fused-ring (bicyclic) bond motifs is 1. The zero-order chi connectivity index (χ0) is 13.2. The van der Waals surface area contributed by atoms with Gasteiger partial charge in [0.2, 0.25) is 0 Å². The van der Waals surface area contributed by atoms with E-state index < -0.39 is 5.97 Å². The van der Waals surface area contributed by atoms with E-state index in [4.69, 9.17) is 10.5 Å². The summed E-state index contributed by atoms with van der Waals surface area (Å²) in [6.45, 7) is 0. The van der Waals surface area contributed by atoms with Gasteiger partial charge in [-0.1, -0.05) is 42.5 Å². The van der Waals surface area contributed by atoms with E-state index in [0.717, 1.165) is 11.1 Å². The lowest BCUT2D eigenvalue weighted by Gasteiger charge is -2.13. The number of ether oxygens (including phenoxy) is 1. The molecule has 0 bridgehead atoms. The minimum absolute atomic E-state index is 0.330. The largest absolute Gasteiger partial charge is 0.450 e. The van der Waals surface area contributed by atoms with Crippen molar-refractivity contribution in [1.29, 1.82) is 0 Å². The Balaban J connectivity index is 1.83. The predicted molar refractivity (Wildman–Crippen MR) is 74.5 cm³/mol. The topological polar surface area (TPSA) is 52.3 Å². The fourth-order valence-electron chi connectivity index (χ4n) is 2.18. The second-order valence-corrected chi connectivity index (χ2v) is 4.40. The van der Waals surface area contributed by atoms with Crippen LogP contribution in [-0.2, 0) is 4.74 Å². The number of benzene rings is 2. The molecular formula is C16H13NO2. The van der Waals surface area contributed by atoms with E-state index in [0.29, 0.717) is 11.3 Å². The fourth-order valence-corrected chi connectivity index (χ4v) is 2.18. The van der Waals surface area contributed by atoms with Crippen LogP contribution >= 0.6 is 0 Å². The number of nitrogens with two attached hydrogens (primary N) is 1. The van der Waals surface area contributed by atoms with Gasteiger partial charge in [-0.05, 0) is 23.8 Å². The van der Waals surface area contributed by atoms with Crippen LogP contribution in [0, 0.1) is 0 Å². The number of rotatable bonds is 2. The molecule has 1 unspecified atom stereocenters. The van der Waals surface area contributed by atoms with Crippen LogP contribution < -0.4 is 5.73 Å². The molecule has 2 N–H and O–H groups in total. The molecule has 1 aliphatic carbocycles. The molecule has 3 rings (SSSR count). The Kier molecular flexibility index (Phi) is 2.80. The average molecular weight is 251 g/mol. The lowest BCUT2D eigenvalue weighted by Crippen LogP contribution is -2.11. The average Bonchev–Trinajstić information content (AvgIpc) is 2.83. The van der Waals surface area contributed by atoms with Crippen LogP contribution in [0.15, 0.2) is 54.6 Å². The van der Waals surface area contributed by atoms with E-state index in [1.165, 1.54) is 0 Å². The summed E-state index contributed by atoms with van der Waals surface area (Å²) in [4.78, 5) is 12.1. The molecule has 3 heteroatoms. The maximum atomic E-state index is 12.1. The van der Waals surface area contributed by atoms with Crippen LogP contribution in [0.2, 0.25) is 0 Å². The van der Waals surface area contributed by atoms with Crippen molar-refractivity contribution >= 4 is 17.7 Å². The van der Waals surface area contributed by atoms with Gasteiger partial charge < -0.3 is 10.5 Å². The number of anilines is 1. The highest BCUT2D eigenvalue weighted by Crippen LogP contribution is 2.31. The molecule has 2 aromatic rings. The number of hydrogen-bond acceptors (Lipinski definition) is 3. The molecule has 94 valence electrons. The van der Waals surface area contributed by atoms with Crippen molar-refractivity contribution in [3.8, 4) is 0 Å². The Bertz CT molecular complexity index is 661. The molecule has 1 aliphatic rings. The summed E-state index contributed by atoms with van der Waals surface area (Å²) in [5.41, 5.74) is 8.70. The molecule has 0 heterocycles. The van der Waals surface area contributed by atoms with Gasteiger partial charge in [0, 0.05) is 11.3 Å². The first-order valence-corrected chi connectivity index (χ1v) is 6.08. The lowest BCUT2D eigenvalue weighted by atomic mass is 10.1. The van der Waals surface area contributed by atoms with Gasteiger partial charge in [0.1, 0.15) is 6.10 Å². The molecule has 0 saturated carbocycles. The van der Waals surface area contributed by atoms with Crippen molar-refractivity contribution in [3.05, 3.63) is 71.3 Å². The molecule has 0 aliphatic heterocycles. The number of carbonyl (C=O) groups is 1. The Labute approximate surface area is 111 Å². The highest BCUT2D eigenvalue weighted by atomic mass is 16.5. The summed E-state index contributed by atoms with van der Waals surface area (Å²) in [6.07, 6.45) is 3.51. The summed E-state index contributed by atoms with van der Waals surface area (Å²) >= 11 is 0. The molecule has 2 aromatic carbocycles. The zero-order valence-corrected chi connectivity index (χ0v) is 10.2. The third-order valence-corrected chi connectivity index (χ3v) is 3.17. The van der Waals surface area contributed by atoms with Gasteiger partial charge in [-0.2, -0.15) is 0 Å². The molecule has 0 fully saturated rings. The SMILES string of the molecule is Nc1ccccc1C(=O)OC1C=Cc2ccccc21. The maximum Gasteiger partial charge on any atom is 0.341 e. The number of nitrogen functional groups attached to an aromatic ring is 1. The Morgan fingerprint density at radius 1 is 1.05 bits per heavy atom. The molecular weight excluding hydrogens is 238 g/mol. The quantitative estimate of drug-likeness (QED) is 0.658. The smallest absolute Gasteiger partial charge is 0.341 e. The highest BCUT2D eigenvalue weighted by Gasteiger charge is 2.22. The van der Waals surface area contributed by atoms with Crippen LogP contribution in [0.3, 0.4) is 0 Å². The Morgan fingerprint density at radius 2 is 1.79 bits per heavy atom. The normalized spacial score (nSPS) is 16.1. The van der Waals surface area contributed by atoms with E-state index in [1.54, 1.807) is 24.3 Å². The van der Waals surface area contributed by atoms with Crippen molar-refractivity contribution in [3.63, 3.8) is 0 Å². The molecule has 1 atom stereocenters. The Morgan fingerprint density at radius 3 is 2.63 bits per heavy atom. The molecule has 19 heavy (non-hydrogen) atoms. The minimum atomic E-state index is -0.399. The first kappa shape index (κ1) is 11.5. The first-order valence-electron chi connectivity index (χ1n) is 6.08. The van der Waals surface area contributed by atoms with Gasteiger partial charge in [0.15, 0.2) is 0 Å². The summed E-state index contributed by atoms with van der Waals surface area (Å²) in [5, 5.41) is 0. The van der Waals surface area contributed by atoms with Gasteiger partial charge in [-0.15, -0.1) is 0 Å². The van der Waals surface area contributed by atoms with E-state index >= 15 is 0 Å². The number of carbonyl (C=O) groups excluding carboxylic acids is 1. The van der Waals surface area contributed by atoms with E-state index in [1.807, 2.05) is 36.4 Å².